The second kappa shape index (κ2) is 11.9. The first-order valence-electron chi connectivity index (χ1n) is 10.5. The van der Waals surface area contributed by atoms with E-state index in [2.05, 4.69) is 31.8 Å². The molecule has 1 aromatic carbocycles. The van der Waals surface area contributed by atoms with E-state index in [1.165, 1.54) is 5.56 Å². The molecule has 1 aliphatic heterocycles. The molecule has 0 radical (unpaired) electrons. The van der Waals surface area contributed by atoms with E-state index in [-0.39, 0.29) is 0 Å². The van der Waals surface area contributed by atoms with E-state index >= 15 is 0 Å². The number of aromatic nitrogens is 3. The highest BCUT2D eigenvalue weighted by Gasteiger charge is 2.10. The van der Waals surface area contributed by atoms with Crippen LogP contribution in [-0.2, 0) is 24.8 Å². The summed E-state index contributed by atoms with van der Waals surface area (Å²) in [5, 5.41) is 15.9. The van der Waals surface area contributed by atoms with Crippen LogP contribution in [0.5, 0.6) is 0 Å². The lowest BCUT2D eigenvalue weighted by Crippen LogP contribution is -2.41. The highest BCUT2D eigenvalue weighted by atomic mass is 35.5. The molecule has 3 rings (SSSR count). The quantitative estimate of drug-likeness (QED) is 0.356. The standard InChI is InChI=1S/C21H32ClN7O/c1-17-26-27-20(28(17)2)16-25-21(23-8-4-10-29-11-13-30-14-12-29)24-9-7-18-5-3-6-19(22)15-18/h3,5-6,15H,4,7-14,16H2,1-2H3,(H2,23,24,25). The normalized spacial score (nSPS) is 15.4. The van der Waals surface area contributed by atoms with Crippen molar-refractivity contribution in [2.75, 3.05) is 45.9 Å². The third-order valence-corrected chi connectivity index (χ3v) is 5.44. The first-order valence-corrected chi connectivity index (χ1v) is 10.9. The van der Waals surface area contributed by atoms with E-state index in [0.717, 1.165) is 81.4 Å². The minimum Gasteiger partial charge on any atom is -0.379 e. The number of rotatable bonds is 9. The number of nitrogens with zero attached hydrogens (tertiary/aromatic N) is 5. The van der Waals surface area contributed by atoms with Gasteiger partial charge in [0.25, 0.3) is 0 Å². The summed E-state index contributed by atoms with van der Waals surface area (Å²) < 4.78 is 7.37. The maximum Gasteiger partial charge on any atom is 0.191 e. The molecule has 9 heteroatoms. The molecule has 1 saturated heterocycles. The number of ether oxygens (including phenoxy) is 1. The molecule has 0 aliphatic carbocycles. The highest BCUT2D eigenvalue weighted by molar-refractivity contribution is 6.30. The van der Waals surface area contributed by atoms with Gasteiger partial charge in [0.2, 0.25) is 0 Å². The average Bonchev–Trinajstić information content (AvgIpc) is 3.07. The van der Waals surface area contributed by atoms with Crippen LogP contribution >= 0.6 is 11.6 Å². The molecule has 0 atom stereocenters. The minimum absolute atomic E-state index is 0.479. The predicted molar refractivity (Wildman–Crippen MR) is 120 cm³/mol. The molecule has 2 aromatic rings. The van der Waals surface area contributed by atoms with Crippen LogP contribution in [0.3, 0.4) is 0 Å². The van der Waals surface area contributed by atoms with Crippen molar-refractivity contribution in [3.63, 3.8) is 0 Å². The number of aliphatic imine (C=N–C) groups is 1. The molecule has 0 saturated carbocycles. The molecule has 0 unspecified atom stereocenters. The zero-order chi connectivity index (χ0) is 21.2. The van der Waals surface area contributed by atoms with Crippen LogP contribution in [0.2, 0.25) is 5.02 Å². The van der Waals surface area contributed by atoms with Gasteiger partial charge in [-0.2, -0.15) is 0 Å². The molecule has 164 valence electrons. The van der Waals surface area contributed by atoms with E-state index in [9.17, 15) is 0 Å². The summed E-state index contributed by atoms with van der Waals surface area (Å²) in [6.07, 6.45) is 1.93. The van der Waals surface area contributed by atoms with E-state index in [4.69, 9.17) is 21.3 Å². The Hall–Kier alpha value is -2.16. The van der Waals surface area contributed by atoms with Crippen LogP contribution in [0.25, 0.3) is 0 Å². The first-order chi connectivity index (χ1) is 14.6. The van der Waals surface area contributed by atoms with Gasteiger partial charge in [-0.25, -0.2) is 4.99 Å². The minimum atomic E-state index is 0.479. The van der Waals surface area contributed by atoms with Crippen LogP contribution < -0.4 is 10.6 Å². The van der Waals surface area contributed by atoms with Gasteiger partial charge in [-0.3, -0.25) is 4.90 Å². The predicted octanol–water partition coefficient (Wildman–Crippen LogP) is 1.78. The molecule has 0 spiro atoms. The zero-order valence-corrected chi connectivity index (χ0v) is 18.7. The Balaban J connectivity index is 1.50. The SMILES string of the molecule is Cc1nnc(CN=C(NCCCN2CCOCC2)NCCc2cccc(Cl)c2)n1C. The van der Waals surface area contributed by atoms with Crippen molar-refractivity contribution in [2.45, 2.75) is 26.3 Å². The van der Waals surface area contributed by atoms with Crippen molar-refractivity contribution in [1.82, 2.24) is 30.3 Å². The second-order valence-corrected chi connectivity index (χ2v) is 7.86. The summed E-state index contributed by atoms with van der Waals surface area (Å²) in [4.78, 5) is 7.15. The fraction of sp³-hybridized carbons (Fsp3) is 0.571. The van der Waals surface area contributed by atoms with Crippen molar-refractivity contribution in [1.29, 1.82) is 0 Å². The molecule has 1 fully saturated rings. The molecular formula is C21H32ClN7O. The Kier molecular flexibility index (Phi) is 8.92. The number of hydrogen-bond acceptors (Lipinski definition) is 5. The van der Waals surface area contributed by atoms with Crippen molar-refractivity contribution in [3.05, 3.63) is 46.5 Å². The molecule has 2 N–H and O–H groups in total. The van der Waals surface area contributed by atoms with Gasteiger partial charge in [-0.05, 0) is 44.0 Å². The number of hydrogen-bond donors (Lipinski definition) is 2. The Morgan fingerprint density at radius 3 is 2.73 bits per heavy atom. The van der Waals surface area contributed by atoms with Crippen LogP contribution in [0.4, 0.5) is 0 Å². The Morgan fingerprint density at radius 2 is 2.00 bits per heavy atom. The molecule has 30 heavy (non-hydrogen) atoms. The Labute approximate surface area is 183 Å². The van der Waals surface area contributed by atoms with Crippen LogP contribution in [0.15, 0.2) is 29.3 Å². The number of halogens is 1. The molecule has 1 aliphatic rings. The molecule has 8 nitrogen and oxygen atoms in total. The van der Waals surface area contributed by atoms with Gasteiger partial charge in [0, 0.05) is 38.2 Å². The Morgan fingerprint density at radius 1 is 1.20 bits per heavy atom. The maximum absolute atomic E-state index is 6.09. The zero-order valence-electron chi connectivity index (χ0n) is 17.9. The third kappa shape index (κ3) is 7.27. The number of benzene rings is 1. The van der Waals surface area contributed by atoms with Crippen LogP contribution in [0.1, 0.15) is 23.6 Å². The van der Waals surface area contributed by atoms with E-state index < -0.39 is 0 Å². The van der Waals surface area contributed by atoms with Gasteiger partial charge in [0.15, 0.2) is 11.8 Å². The lowest BCUT2D eigenvalue weighted by Gasteiger charge is -2.26. The van der Waals surface area contributed by atoms with Crippen molar-refractivity contribution >= 4 is 17.6 Å². The van der Waals surface area contributed by atoms with Gasteiger partial charge in [-0.15, -0.1) is 10.2 Å². The number of guanidine groups is 1. The van der Waals surface area contributed by atoms with Gasteiger partial charge in [-0.1, -0.05) is 23.7 Å². The van der Waals surface area contributed by atoms with Crippen molar-refractivity contribution < 1.29 is 4.74 Å². The molecular weight excluding hydrogens is 402 g/mol. The van der Waals surface area contributed by atoms with Gasteiger partial charge in [0.1, 0.15) is 12.4 Å². The average molecular weight is 434 g/mol. The second-order valence-electron chi connectivity index (χ2n) is 7.43. The monoisotopic (exact) mass is 433 g/mol. The maximum atomic E-state index is 6.09. The fourth-order valence-corrected chi connectivity index (χ4v) is 3.48. The van der Waals surface area contributed by atoms with E-state index in [0.29, 0.717) is 6.54 Å². The Bertz CT molecular complexity index is 817. The lowest BCUT2D eigenvalue weighted by molar-refractivity contribution is 0.0376. The summed E-state index contributed by atoms with van der Waals surface area (Å²) >= 11 is 6.09. The largest absolute Gasteiger partial charge is 0.379 e. The van der Waals surface area contributed by atoms with Crippen LogP contribution in [-0.4, -0.2) is 71.6 Å². The fourth-order valence-electron chi connectivity index (χ4n) is 3.26. The van der Waals surface area contributed by atoms with Gasteiger partial charge >= 0.3 is 0 Å². The molecule has 2 heterocycles. The van der Waals surface area contributed by atoms with Crippen LogP contribution in [0, 0.1) is 6.92 Å². The van der Waals surface area contributed by atoms with E-state index in [1.54, 1.807) is 0 Å². The van der Waals surface area contributed by atoms with Gasteiger partial charge in [0.05, 0.1) is 13.2 Å². The third-order valence-electron chi connectivity index (χ3n) is 5.20. The van der Waals surface area contributed by atoms with Crippen molar-refractivity contribution in [2.24, 2.45) is 12.0 Å². The summed E-state index contributed by atoms with van der Waals surface area (Å²) in [5.41, 5.74) is 1.20. The first kappa shape index (κ1) is 22.5. The van der Waals surface area contributed by atoms with Crippen molar-refractivity contribution in [3.8, 4) is 0 Å². The summed E-state index contributed by atoms with van der Waals surface area (Å²) in [6, 6.07) is 7.96. The highest BCUT2D eigenvalue weighted by Crippen LogP contribution is 2.10. The van der Waals surface area contributed by atoms with E-state index in [1.807, 2.05) is 36.7 Å². The topological polar surface area (TPSA) is 79.6 Å². The number of nitrogens with one attached hydrogen (secondary N) is 2. The summed E-state index contributed by atoms with van der Waals surface area (Å²) in [5.74, 6) is 2.52. The molecule has 0 amide bonds. The lowest BCUT2D eigenvalue weighted by atomic mass is 10.1. The molecule has 0 bridgehead atoms. The smallest absolute Gasteiger partial charge is 0.191 e. The molecule has 1 aromatic heterocycles. The summed E-state index contributed by atoms with van der Waals surface area (Å²) in [6.45, 7) is 8.82. The number of aryl methyl sites for hydroxylation is 1. The van der Waals surface area contributed by atoms with Gasteiger partial charge < -0.3 is 19.9 Å². The summed E-state index contributed by atoms with van der Waals surface area (Å²) in [7, 11) is 1.96. The number of morpholine rings is 1.